The Morgan fingerprint density at radius 1 is 0.846 bits per heavy atom. The SMILES string of the molecule is O=C(O)c1cc(Cc2ccc(O)c(O)c2)c2cc(O)c(C(=O)O)cc2n1. The van der Waals surface area contributed by atoms with Crippen LogP contribution in [-0.2, 0) is 6.42 Å². The van der Waals surface area contributed by atoms with Crippen molar-refractivity contribution in [1.82, 2.24) is 4.98 Å². The molecule has 0 saturated heterocycles. The Morgan fingerprint density at radius 2 is 1.58 bits per heavy atom. The largest absolute Gasteiger partial charge is 0.507 e. The first kappa shape index (κ1) is 17.0. The van der Waals surface area contributed by atoms with Crippen LogP contribution in [0.2, 0.25) is 0 Å². The molecule has 3 aromatic rings. The van der Waals surface area contributed by atoms with Crippen molar-refractivity contribution in [2.45, 2.75) is 6.42 Å². The molecule has 0 unspecified atom stereocenters. The van der Waals surface area contributed by atoms with Crippen LogP contribution in [0.5, 0.6) is 17.2 Å². The molecule has 0 bridgehead atoms. The maximum atomic E-state index is 11.3. The van der Waals surface area contributed by atoms with E-state index >= 15 is 0 Å². The van der Waals surface area contributed by atoms with Crippen molar-refractivity contribution in [1.29, 1.82) is 0 Å². The van der Waals surface area contributed by atoms with Crippen molar-refractivity contribution in [3.8, 4) is 17.2 Å². The molecule has 8 nitrogen and oxygen atoms in total. The van der Waals surface area contributed by atoms with Gasteiger partial charge in [-0.25, -0.2) is 14.6 Å². The van der Waals surface area contributed by atoms with Gasteiger partial charge in [0.15, 0.2) is 11.5 Å². The van der Waals surface area contributed by atoms with Crippen molar-refractivity contribution in [3.05, 3.63) is 58.8 Å². The molecule has 1 aromatic heterocycles. The predicted molar refractivity (Wildman–Crippen MR) is 89.9 cm³/mol. The standard InChI is InChI=1S/C18H13NO7/c20-14-2-1-8(4-16(14)22)3-9-5-13(18(25)26)19-12-6-11(17(23)24)15(21)7-10(9)12/h1-2,4-7,20-22H,3H2,(H,23,24)(H,25,26). The molecule has 0 radical (unpaired) electrons. The molecule has 0 aliphatic rings. The van der Waals surface area contributed by atoms with E-state index in [2.05, 4.69) is 4.98 Å². The Kier molecular flexibility index (Phi) is 4.09. The summed E-state index contributed by atoms with van der Waals surface area (Å²) in [6.45, 7) is 0. The topological polar surface area (TPSA) is 148 Å². The third kappa shape index (κ3) is 3.07. The zero-order valence-corrected chi connectivity index (χ0v) is 13.2. The number of carboxylic acid groups (broad SMARTS) is 2. The quantitative estimate of drug-likeness (QED) is 0.448. The van der Waals surface area contributed by atoms with E-state index in [4.69, 9.17) is 5.11 Å². The van der Waals surface area contributed by atoms with Crippen molar-refractivity contribution >= 4 is 22.8 Å². The van der Waals surface area contributed by atoms with Gasteiger partial charge in [0, 0.05) is 5.39 Å². The lowest BCUT2D eigenvalue weighted by atomic mass is 9.98. The van der Waals surface area contributed by atoms with Crippen molar-refractivity contribution < 1.29 is 35.1 Å². The van der Waals surface area contributed by atoms with E-state index < -0.39 is 17.7 Å². The van der Waals surface area contributed by atoms with Gasteiger partial charge in [0.2, 0.25) is 0 Å². The maximum Gasteiger partial charge on any atom is 0.354 e. The number of phenolic OH excluding ortho intramolecular Hbond substituents is 2. The lowest BCUT2D eigenvalue weighted by Gasteiger charge is -2.11. The minimum absolute atomic E-state index is 0.109. The van der Waals surface area contributed by atoms with Gasteiger partial charge >= 0.3 is 11.9 Å². The zero-order chi connectivity index (χ0) is 19.0. The first-order valence-electron chi connectivity index (χ1n) is 7.40. The Balaban J connectivity index is 2.21. The maximum absolute atomic E-state index is 11.3. The van der Waals surface area contributed by atoms with E-state index in [0.29, 0.717) is 16.5 Å². The van der Waals surface area contributed by atoms with Crippen molar-refractivity contribution in [3.63, 3.8) is 0 Å². The van der Waals surface area contributed by atoms with Crippen molar-refractivity contribution in [2.75, 3.05) is 0 Å². The summed E-state index contributed by atoms with van der Waals surface area (Å²) in [5.74, 6) is -3.73. The minimum atomic E-state index is -1.36. The van der Waals surface area contributed by atoms with Crippen LogP contribution in [0, 0.1) is 0 Å². The first-order valence-corrected chi connectivity index (χ1v) is 7.40. The molecule has 2 aromatic carbocycles. The second-order valence-corrected chi connectivity index (χ2v) is 5.66. The van der Waals surface area contributed by atoms with Crippen molar-refractivity contribution in [2.24, 2.45) is 0 Å². The van der Waals surface area contributed by atoms with Crippen LogP contribution in [0.3, 0.4) is 0 Å². The van der Waals surface area contributed by atoms with Gasteiger partial charge in [-0.2, -0.15) is 0 Å². The third-order valence-electron chi connectivity index (χ3n) is 3.90. The van der Waals surface area contributed by atoms with Crippen LogP contribution in [0.15, 0.2) is 36.4 Å². The number of carboxylic acids is 2. The summed E-state index contributed by atoms with van der Waals surface area (Å²) in [6, 6.07) is 7.81. The number of aromatic hydroxyl groups is 3. The van der Waals surface area contributed by atoms with E-state index in [1.54, 1.807) is 6.07 Å². The number of nitrogens with zero attached hydrogens (tertiary/aromatic N) is 1. The highest BCUT2D eigenvalue weighted by Crippen LogP contribution is 2.30. The van der Waals surface area contributed by atoms with Gasteiger partial charge in [0.05, 0.1) is 5.52 Å². The second-order valence-electron chi connectivity index (χ2n) is 5.66. The lowest BCUT2D eigenvalue weighted by Crippen LogP contribution is -2.05. The van der Waals surface area contributed by atoms with Gasteiger partial charge in [-0.1, -0.05) is 6.07 Å². The normalized spacial score (nSPS) is 10.8. The molecule has 0 atom stereocenters. The summed E-state index contributed by atoms with van der Waals surface area (Å²) < 4.78 is 0. The number of aromatic carboxylic acids is 2. The molecule has 8 heteroatoms. The Bertz CT molecular complexity index is 1060. The average Bonchev–Trinajstić information content (AvgIpc) is 2.57. The molecule has 26 heavy (non-hydrogen) atoms. The Labute approximate surface area is 146 Å². The van der Waals surface area contributed by atoms with Gasteiger partial charge in [-0.15, -0.1) is 0 Å². The summed E-state index contributed by atoms with van der Waals surface area (Å²) in [5.41, 5.74) is 0.479. The highest BCUT2D eigenvalue weighted by molar-refractivity contribution is 5.99. The van der Waals surface area contributed by atoms with E-state index in [0.717, 1.165) is 6.07 Å². The van der Waals surface area contributed by atoms with Crippen LogP contribution < -0.4 is 0 Å². The molecule has 5 N–H and O–H groups in total. The predicted octanol–water partition coefficient (Wildman–Crippen LogP) is 2.34. The summed E-state index contributed by atoms with van der Waals surface area (Å²) in [6.07, 6.45) is 0.166. The van der Waals surface area contributed by atoms with Gasteiger partial charge in [0.1, 0.15) is 17.0 Å². The monoisotopic (exact) mass is 355 g/mol. The molecular weight excluding hydrogens is 342 g/mol. The first-order chi connectivity index (χ1) is 12.3. The van der Waals surface area contributed by atoms with Gasteiger partial charge in [-0.3, -0.25) is 0 Å². The van der Waals surface area contributed by atoms with Crippen LogP contribution in [-0.4, -0.2) is 42.5 Å². The van der Waals surface area contributed by atoms with Gasteiger partial charge in [0.25, 0.3) is 0 Å². The fourth-order valence-electron chi connectivity index (χ4n) is 2.66. The van der Waals surface area contributed by atoms with Crippen LogP contribution in [0.4, 0.5) is 0 Å². The summed E-state index contributed by atoms with van der Waals surface area (Å²) in [5, 5.41) is 47.7. The molecule has 0 spiro atoms. The Hall–Kier alpha value is -3.81. The fraction of sp³-hybridized carbons (Fsp3) is 0.0556. The number of hydrogen-bond acceptors (Lipinski definition) is 6. The number of phenols is 3. The molecule has 0 amide bonds. The smallest absolute Gasteiger partial charge is 0.354 e. The number of fused-ring (bicyclic) bond motifs is 1. The molecule has 0 aliphatic carbocycles. The molecule has 1 heterocycles. The third-order valence-corrected chi connectivity index (χ3v) is 3.90. The van der Waals surface area contributed by atoms with E-state index in [9.17, 15) is 30.0 Å². The fourth-order valence-corrected chi connectivity index (χ4v) is 2.66. The molecule has 0 saturated carbocycles. The van der Waals surface area contributed by atoms with Crippen LogP contribution >= 0.6 is 0 Å². The van der Waals surface area contributed by atoms with Crippen LogP contribution in [0.1, 0.15) is 32.0 Å². The molecule has 0 fully saturated rings. The average molecular weight is 355 g/mol. The summed E-state index contributed by atoms with van der Waals surface area (Å²) in [7, 11) is 0. The second kappa shape index (κ2) is 6.25. The summed E-state index contributed by atoms with van der Waals surface area (Å²) >= 11 is 0. The number of benzene rings is 2. The number of aromatic nitrogens is 1. The number of carbonyl (C=O) groups is 2. The summed E-state index contributed by atoms with van der Waals surface area (Å²) in [4.78, 5) is 26.4. The highest BCUT2D eigenvalue weighted by Gasteiger charge is 2.17. The van der Waals surface area contributed by atoms with Gasteiger partial charge < -0.3 is 25.5 Å². The number of hydrogen-bond donors (Lipinski definition) is 5. The molecular formula is C18H13NO7. The van der Waals surface area contributed by atoms with E-state index in [1.165, 1.54) is 24.3 Å². The van der Waals surface area contributed by atoms with E-state index in [-0.39, 0.29) is 34.7 Å². The van der Waals surface area contributed by atoms with Crippen LogP contribution in [0.25, 0.3) is 10.9 Å². The minimum Gasteiger partial charge on any atom is -0.507 e. The molecule has 3 rings (SSSR count). The molecule has 0 aliphatic heterocycles. The number of pyridine rings is 1. The number of rotatable bonds is 4. The molecule has 132 valence electrons. The van der Waals surface area contributed by atoms with Gasteiger partial charge in [-0.05, 0) is 47.9 Å². The zero-order valence-electron chi connectivity index (χ0n) is 13.2. The Morgan fingerprint density at radius 3 is 2.19 bits per heavy atom. The van der Waals surface area contributed by atoms with E-state index in [1.807, 2.05) is 0 Å². The lowest BCUT2D eigenvalue weighted by molar-refractivity contribution is 0.0682. The highest BCUT2D eigenvalue weighted by atomic mass is 16.4.